The number of rotatable bonds is 6. The molecule has 0 aliphatic carbocycles. The van der Waals surface area contributed by atoms with Crippen LogP contribution in [0.2, 0.25) is 0 Å². The smallest absolute Gasteiger partial charge is 0.429 e. The van der Waals surface area contributed by atoms with Crippen LogP contribution in [0.25, 0.3) is 0 Å². The van der Waals surface area contributed by atoms with E-state index in [0.717, 1.165) is 5.01 Å². The molecule has 0 aliphatic heterocycles. The van der Waals surface area contributed by atoms with Gasteiger partial charge in [-0.25, -0.2) is 24.8 Å². The van der Waals surface area contributed by atoms with Gasteiger partial charge < -0.3 is 14.2 Å². The zero-order chi connectivity index (χ0) is 21.2. The fourth-order valence-corrected chi connectivity index (χ4v) is 2.55. The molecule has 1 atom stereocenters. The Labute approximate surface area is 169 Å². The van der Waals surface area contributed by atoms with Crippen molar-refractivity contribution in [3.05, 3.63) is 65.7 Å². The fraction of sp³-hybridized carbons (Fsp3) is 0.286. The summed E-state index contributed by atoms with van der Waals surface area (Å²) < 4.78 is 15.4. The fourth-order valence-electron chi connectivity index (χ4n) is 2.55. The number of hydrogen-bond acceptors (Lipinski definition) is 6. The first-order valence-electron chi connectivity index (χ1n) is 9.23. The molecule has 154 valence electrons. The number of esters is 1. The maximum atomic E-state index is 12.4. The molecule has 29 heavy (non-hydrogen) atoms. The maximum absolute atomic E-state index is 12.4. The lowest BCUT2D eigenvalue weighted by Crippen LogP contribution is -2.48. The van der Waals surface area contributed by atoms with Gasteiger partial charge in [0.15, 0.2) is 0 Å². The number of carbonyl (C=O) groups excluding carboxylic acids is 3. The highest BCUT2D eigenvalue weighted by Crippen LogP contribution is 2.29. The van der Waals surface area contributed by atoms with Crippen LogP contribution in [-0.4, -0.2) is 36.4 Å². The topological polar surface area (TPSA) is 94.2 Å². The molecule has 1 N–H and O–H groups in total. The SMILES string of the molecule is CCOC(=O)NN(C(=O)OCC)C(C)c1ccccc1OC(=O)c1ccccc1. The van der Waals surface area contributed by atoms with Crippen molar-refractivity contribution in [2.75, 3.05) is 13.2 Å². The van der Waals surface area contributed by atoms with Crippen molar-refractivity contribution >= 4 is 18.2 Å². The van der Waals surface area contributed by atoms with E-state index in [4.69, 9.17) is 14.2 Å². The van der Waals surface area contributed by atoms with Gasteiger partial charge in [0.1, 0.15) is 5.75 Å². The Morgan fingerprint density at radius 3 is 2.21 bits per heavy atom. The predicted molar refractivity (Wildman–Crippen MR) is 105 cm³/mol. The number of para-hydroxylation sites is 1. The normalized spacial score (nSPS) is 11.1. The van der Waals surface area contributed by atoms with Crippen LogP contribution in [0.4, 0.5) is 9.59 Å². The number of nitrogens with one attached hydrogen (secondary N) is 1. The van der Waals surface area contributed by atoms with E-state index in [9.17, 15) is 14.4 Å². The second kappa shape index (κ2) is 10.7. The van der Waals surface area contributed by atoms with Crippen LogP contribution in [0.3, 0.4) is 0 Å². The largest absolute Gasteiger partial charge is 0.449 e. The molecule has 2 aromatic rings. The van der Waals surface area contributed by atoms with E-state index >= 15 is 0 Å². The van der Waals surface area contributed by atoms with Crippen LogP contribution in [0.5, 0.6) is 5.75 Å². The molecule has 0 saturated heterocycles. The first-order valence-corrected chi connectivity index (χ1v) is 9.23. The second-order valence-electron chi connectivity index (χ2n) is 5.87. The molecule has 2 rings (SSSR count). The minimum absolute atomic E-state index is 0.122. The molecule has 0 aliphatic rings. The molecular formula is C21H24N2O6. The summed E-state index contributed by atoms with van der Waals surface area (Å²) in [5.74, 6) is -0.278. The summed E-state index contributed by atoms with van der Waals surface area (Å²) in [7, 11) is 0. The van der Waals surface area contributed by atoms with Crippen molar-refractivity contribution in [3.63, 3.8) is 0 Å². The molecule has 8 heteroatoms. The van der Waals surface area contributed by atoms with Crippen LogP contribution >= 0.6 is 0 Å². The summed E-state index contributed by atoms with van der Waals surface area (Å²) in [6, 6.07) is 14.6. The third-order valence-corrected chi connectivity index (χ3v) is 3.92. The van der Waals surface area contributed by atoms with Crippen molar-refractivity contribution in [3.8, 4) is 5.75 Å². The van der Waals surface area contributed by atoms with Crippen molar-refractivity contribution in [1.29, 1.82) is 0 Å². The Morgan fingerprint density at radius 1 is 0.931 bits per heavy atom. The molecule has 2 amide bonds. The number of hydrogen-bond donors (Lipinski definition) is 1. The monoisotopic (exact) mass is 400 g/mol. The van der Waals surface area contributed by atoms with Crippen LogP contribution < -0.4 is 10.2 Å². The van der Waals surface area contributed by atoms with Crippen molar-refractivity contribution < 1.29 is 28.6 Å². The minimum atomic E-state index is -0.800. The molecule has 0 heterocycles. The average Bonchev–Trinajstić information content (AvgIpc) is 2.73. The number of carbonyl (C=O) groups is 3. The first-order chi connectivity index (χ1) is 14.0. The molecule has 0 aromatic heterocycles. The lowest BCUT2D eigenvalue weighted by Gasteiger charge is -2.29. The highest BCUT2D eigenvalue weighted by atomic mass is 16.6. The molecule has 1 unspecified atom stereocenters. The summed E-state index contributed by atoms with van der Waals surface area (Å²) in [4.78, 5) is 36.7. The predicted octanol–water partition coefficient (Wildman–Crippen LogP) is 4.09. The van der Waals surface area contributed by atoms with Gasteiger partial charge in [0.25, 0.3) is 0 Å². The van der Waals surface area contributed by atoms with Crippen LogP contribution in [0, 0.1) is 0 Å². The lowest BCUT2D eigenvalue weighted by atomic mass is 10.1. The van der Waals surface area contributed by atoms with E-state index in [0.29, 0.717) is 11.1 Å². The van der Waals surface area contributed by atoms with E-state index in [-0.39, 0.29) is 19.0 Å². The third kappa shape index (κ3) is 5.97. The number of benzene rings is 2. The van der Waals surface area contributed by atoms with Gasteiger partial charge in [-0.2, -0.15) is 0 Å². The molecule has 0 spiro atoms. The summed E-state index contributed by atoms with van der Waals surface area (Å²) >= 11 is 0. The van der Waals surface area contributed by atoms with Gasteiger partial charge >= 0.3 is 18.2 Å². The van der Waals surface area contributed by atoms with Crippen LogP contribution in [-0.2, 0) is 9.47 Å². The highest BCUT2D eigenvalue weighted by Gasteiger charge is 2.28. The molecule has 8 nitrogen and oxygen atoms in total. The summed E-state index contributed by atoms with van der Waals surface area (Å²) in [5, 5.41) is 0.997. The summed E-state index contributed by atoms with van der Waals surface area (Å²) in [5.41, 5.74) is 3.26. The van der Waals surface area contributed by atoms with Gasteiger partial charge in [-0.3, -0.25) is 0 Å². The van der Waals surface area contributed by atoms with E-state index in [1.807, 2.05) is 0 Å². The highest BCUT2D eigenvalue weighted by molar-refractivity contribution is 5.91. The van der Waals surface area contributed by atoms with Crippen molar-refractivity contribution in [1.82, 2.24) is 10.4 Å². The molecule has 0 saturated carbocycles. The number of hydrazine groups is 1. The molecule has 0 radical (unpaired) electrons. The Morgan fingerprint density at radius 2 is 1.55 bits per heavy atom. The molecule has 0 bridgehead atoms. The second-order valence-corrected chi connectivity index (χ2v) is 5.87. The van der Waals surface area contributed by atoms with Crippen molar-refractivity contribution in [2.24, 2.45) is 0 Å². The standard InChI is InChI=1S/C21H24N2O6/c1-4-27-20(25)22-23(21(26)28-5-2)15(3)17-13-9-10-14-18(17)29-19(24)16-11-7-6-8-12-16/h6-15H,4-5H2,1-3H3,(H,22,25). The third-order valence-electron chi connectivity index (χ3n) is 3.92. The Kier molecular flexibility index (Phi) is 8.02. The summed E-state index contributed by atoms with van der Waals surface area (Å²) in [6.45, 7) is 5.23. The Bertz CT molecular complexity index is 840. The lowest BCUT2D eigenvalue weighted by molar-refractivity contribution is 0.0570. The quantitative estimate of drug-likeness (QED) is 0.446. The summed E-state index contributed by atoms with van der Waals surface area (Å²) in [6.07, 6.45) is -1.57. The minimum Gasteiger partial charge on any atom is -0.449 e. The van der Waals surface area contributed by atoms with E-state index < -0.39 is 24.2 Å². The van der Waals surface area contributed by atoms with Gasteiger partial charge in [-0.15, -0.1) is 0 Å². The number of ether oxygens (including phenoxy) is 3. The Balaban J connectivity index is 2.29. The average molecular weight is 400 g/mol. The van der Waals surface area contributed by atoms with Gasteiger partial charge in [-0.05, 0) is 39.0 Å². The van der Waals surface area contributed by atoms with Crippen LogP contribution in [0.1, 0.15) is 42.7 Å². The molecule has 2 aromatic carbocycles. The maximum Gasteiger partial charge on any atom is 0.429 e. The number of nitrogens with zero attached hydrogens (tertiary/aromatic N) is 1. The molecule has 0 fully saturated rings. The zero-order valence-corrected chi connectivity index (χ0v) is 16.6. The first kappa shape index (κ1) is 21.7. The van der Waals surface area contributed by atoms with Crippen molar-refractivity contribution in [2.45, 2.75) is 26.8 Å². The van der Waals surface area contributed by atoms with Crippen LogP contribution in [0.15, 0.2) is 54.6 Å². The van der Waals surface area contributed by atoms with Gasteiger partial charge in [-0.1, -0.05) is 36.4 Å². The van der Waals surface area contributed by atoms with Gasteiger partial charge in [0.05, 0.1) is 24.8 Å². The van der Waals surface area contributed by atoms with Gasteiger partial charge in [0, 0.05) is 5.56 Å². The zero-order valence-electron chi connectivity index (χ0n) is 16.6. The van der Waals surface area contributed by atoms with E-state index in [1.165, 1.54) is 0 Å². The van der Waals surface area contributed by atoms with Gasteiger partial charge in [0.2, 0.25) is 0 Å². The molecular weight excluding hydrogens is 376 g/mol. The van der Waals surface area contributed by atoms with E-state index in [1.54, 1.807) is 75.4 Å². The van der Waals surface area contributed by atoms with E-state index in [2.05, 4.69) is 5.43 Å². The Hall–Kier alpha value is -3.55. The number of amides is 2.